The van der Waals surface area contributed by atoms with Gasteiger partial charge in [0.15, 0.2) is 0 Å². The largest absolute Gasteiger partial charge is 0.398 e. The first kappa shape index (κ1) is 14.6. The summed E-state index contributed by atoms with van der Waals surface area (Å²) in [7, 11) is -3.48. The first-order valence-electron chi connectivity index (χ1n) is 6.60. The molecular formula is C15H15BrN2O2S. The molecule has 0 aromatic heterocycles. The summed E-state index contributed by atoms with van der Waals surface area (Å²) in [5.41, 5.74) is 8.75. The van der Waals surface area contributed by atoms with Gasteiger partial charge in [-0.2, -0.15) is 4.31 Å². The Bertz CT molecular complexity index is 790. The Morgan fingerprint density at radius 3 is 2.67 bits per heavy atom. The number of rotatable bonds is 2. The molecule has 1 heterocycles. The molecule has 2 aromatic rings. The van der Waals surface area contributed by atoms with Gasteiger partial charge in [0.05, 0.1) is 4.90 Å². The third kappa shape index (κ3) is 2.71. The number of nitrogens with zero attached hydrogens (tertiary/aromatic N) is 1. The second-order valence-corrected chi connectivity index (χ2v) is 7.88. The van der Waals surface area contributed by atoms with Crippen LogP contribution < -0.4 is 5.73 Å². The molecule has 21 heavy (non-hydrogen) atoms. The number of fused-ring (bicyclic) bond motifs is 1. The summed E-state index contributed by atoms with van der Waals surface area (Å²) in [5.74, 6) is 0. The third-order valence-electron chi connectivity index (χ3n) is 3.70. The van der Waals surface area contributed by atoms with Gasteiger partial charge in [-0.3, -0.25) is 0 Å². The van der Waals surface area contributed by atoms with E-state index >= 15 is 0 Å². The van der Waals surface area contributed by atoms with Gasteiger partial charge in [-0.15, -0.1) is 0 Å². The lowest BCUT2D eigenvalue weighted by atomic mass is 9.99. The minimum Gasteiger partial charge on any atom is -0.398 e. The summed E-state index contributed by atoms with van der Waals surface area (Å²) in [6, 6.07) is 12.5. The number of nitrogen functional groups attached to an aromatic ring is 1. The molecule has 2 N–H and O–H groups in total. The van der Waals surface area contributed by atoms with Crippen LogP contribution in [0.1, 0.15) is 11.1 Å². The maximum atomic E-state index is 12.7. The van der Waals surface area contributed by atoms with Gasteiger partial charge in [0, 0.05) is 23.2 Å². The number of halogens is 1. The van der Waals surface area contributed by atoms with E-state index in [1.807, 2.05) is 24.3 Å². The van der Waals surface area contributed by atoms with Crippen LogP contribution in [0.15, 0.2) is 51.8 Å². The van der Waals surface area contributed by atoms with Crippen molar-refractivity contribution in [2.75, 3.05) is 12.3 Å². The molecule has 0 radical (unpaired) electrons. The second kappa shape index (κ2) is 5.44. The van der Waals surface area contributed by atoms with Crippen molar-refractivity contribution >= 4 is 31.6 Å². The van der Waals surface area contributed by atoms with Crippen LogP contribution in [-0.2, 0) is 23.0 Å². The van der Waals surface area contributed by atoms with Crippen LogP contribution in [0, 0.1) is 0 Å². The Morgan fingerprint density at radius 2 is 1.90 bits per heavy atom. The van der Waals surface area contributed by atoms with Crippen molar-refractivity contribution in [1.29, 1.82) is 0 Å². The van der Waals surface area contributed by atoms with E-state index in [2.05, 4.69) is 15.9 Å². The molecule has 0 aliphatic carbocycles. The van der Waals surface area contributed by atoms with Crippen LogP contribution in [0.3, 0.4) is 0 Å². The van der Waals surface area contributed by atoms with Gasteiger partial charge in [0.2, 0.25) is 10.0 Å². The van der Waals surface area contributed by atoms with Gasteiger partial charge in [-0.05, 0) is 41.8 Å². The summed E-state index contributed by atoms with van der Waals surface area (Å²) in [6.07, 6.45) is 0.648. The molecule has 3 rings (SSSR count). The lowest BCUT2D eigenvalue weighted by Crippen LogP contribution is -2.36. The molecule has 0 atom stereocenters. The minimum absolute atomic E-state index is 0.309. The highest BCUT2D eigenvalue weighted by molar-refractivity contribution is 9.10. The Morgan fingerprint density at radius 1 is 1.14 bits per heavy atom. The Labute approximate surface area is 132 Å². The maximum absolute atomic E-state index is 12.7. The molecule has 0 fully saturated rings. The van der Waals surface area contributed by atoms with E-state index in [0.29, 0.717) is 24.4 Å². The molecule has 0 bridgehead atoms. The monoisotopic (exact) mass is 366 g/mol. The molecule has 0 saturated carbocycles. The first-order valence-corrected chi connectivity index (χ1v) is 8.84. The smallest absolute Gasteiger partial charge is 0.243 e. The van der Waals surface area contributed by atoms with E-state index in [9.17, 15) is 8.42 Å². The van der Waals surface area contributed by atoms with E-state index < -0.39 is 10.0 Å². The van der Waals surface area contributed by atoms with Crippen LogP contribution >= 0.6 is 15.9 Å². The van der Waals surface area contributed by atoms with E-state index in [1.165, 1.54) is 4.31 Å². The number of nitrogens with two attached hydrogens (primary N) is 1. The van der Waals surface area contributed by atoms with Crippen molar-refractivity contribution in [2.45, 2.75) is 17.9 Å². The van der Waals surface area contributed by atoms with Crippen molar-refractivity contribution in [3.8, 4) is 0 Å². The highest BCUT2D eigenvalue weighted by atomic mass is 79.9. The number of anilines is 1. The van der Waals surface area contributed by atoms with E-state index in [-0.39, 0.29) is 0 Å². The van der Waals surface area contributed by atoms with Crippen LogP contribution in [0.4, 0.5) is 5.69 Å². The molecule has 1 aliphatic rings. The summed E-state index contributed by atoms with van der Waals surface area (Å²) in [4.78, 5) is 0.309. The molecule has 4 nitrogen and oxygen atoms in total. The van der Waals surface area contributed by atoms with Gasteiger partial charge in [0.1, 0.15) is 0 Å². The van der Waals surface area contributed by atoms with Gasteiger partial charge in [-0.1, -0.05) is 34.1 Å². The molecule has 0 unspecified atom stereocenters. The van der Waals surface area contributed by atoms with Crippen LogP contribution in [0.2, 0.25) is 0 Å². The second-order valence-electron chi connectivity index (χ2n) is 5.03. The number of benzene rings is 2. The van der Waals surface area contributed by atoms with Crippen molar-refractivity contribution in [1.82, 2.24) is 4.31 Å². The molecule has 0 amide bonds. The molecule has 1 aliphatic heterocycles. The fraction of sp³-hybridized carbons (Fsp3) is 0.200. The Balaban J connectivity index is 1.95. The molecule has 6 heteroatoms. The Hall–Kier alpha value is -1.37. The number of sulfonamides is 1. The van der Waals surface area contributed by atoms with Crippen molar-refractivity contribution < 1.29 is 8.42 Å². The predicted molar refractivity (Wildman–Crippen MR) is 86.3 cm³/mol. The standard InChI is InChI=1S/C15H15BrN2O2S/c16-12-4-2-5-13(9-12)21(19,20)18-8-7-14-11(10-18)3-1-6-15(14)17/h1-6,9H,7-8,10,17H2. The minimum atomic E-state index is -3.48. The van der Waals surface area contributed by atoms with E-state index in [0.717, 1.165) is 21.3 Å². The topological polar surface area (TPSA) is 63.4 Å². The average molecular weight is 367 g/mol. The van der Waals surface area contributed by atoms with Gasteiger partial charge in [0.25, 0.3) is 0 Å². The predicted octanol–water partition coefficient (Wildman–Crippen LogP) is 2.78. The maximum Gasteiger partial charge on any atom is 0.243 e. The fourth-order valence-electron chi connectivity index (χ4n) is 2.59. The highest BCUT2D eigenvalue weighted by Crippen LogP contribution is 2.28. The zero-order valence-electron chi connectivity index (χ0n) is 11.3. The van der Waals surface area contributed by atoms with Gasteiger partial charge >= 0.3 is 0 Å². The summed E-state index contributed by atoms with van der Waals surface area (Å²) in [5, 5.41) is 0. The molecular weight excluding hydrogens is 352 g/mol. The van der Waals surface area contributed by atoms with Crippen LogP contribution in [-0.4, -0.2) is 19.3 Å². The molecule has 0 spiro atoms. The third-order valence-corrected chi connectivity index (χ3v) is 6.04. The summed E-state index contributed by atoms with van der Waals surface area (Å²) >= 11 is 3.31. The Kier molecular flexibility index (Phi) is 3.77. The normalized spacial score (nSPS) is 15.7. The van der Waals surface area contributed by atoms with Crippen LogP contribution in [0.25, 0.3) is 0 Å². The summed E-state index contributed by atoms with van der Waals surface area (Å²) < 4.78 is 27.7. The van der Waals surface area contributed by atoms with Crippen molar-refractivity contribution in [3.63, 3.8) is 0 Å². The highest BCUT2D eigenvalue weighted by Gasteiger charge is 2.28. The molecule has 110 valence electrons. The fourth-order valence-corrected chi connectivity index (χ4v) is 4.61. The van der Waals surface area contributed by atoms with Crippen molar-refractivity contribution in [2.24, 2.45) is 0 Å². The number of hydrogen-bond acceptors (Lipinski definition) is 3. The lowest BCUT2D eigenvalue weighted by Gasteiger charge is -2.28. The van der Waals surface area contributed by atoms with Gasteiger partial charge in [-0.25, -0.2) is 8.42 Å². The lowest BCUT2D eigenvalue weighted by molar-refractivity contribution is 0.392. The molecule has 2 aromatic carbocycles. The first-order chi connectivity index (χ1) is 9.98. The van der Waals surface area contributed by atoms with Crippen LogP contribution in [0.5, 0.6) is 0 Å². The van der Waals surface area contributed by atoms with Crippen molar-refractivity contribution in [3.05, 3.63) is 58.1 Å². The van der Waals surface area contributed by atoms with E-state index in [4.69, 9.17) is 5.73 Å². The summed E-state index contributed by atoms with van der Waals surface area (Å²) in [6.45, 7) is 0.825. The zero-order chi connectivity index (χ0) is 15.0. The SMILES string of the molecule is Nc1cccc2c1CCN(S(=O)(=O)c1cccc(Br)c1)C2. The van der Waals surface area contributed by atoms with E-state index in [1.54, 1.807) is 18.2 Å². The number of hydrogen-bond donors (Lipinski definition) is 1. The average Bonchev–Trinajstić information content (AvgIpc) is 2.47. The quantitative estimate of drug-likeness (QED) is 0.831. The zero-order valence-corrected chi connectivity index (χ0v) is 13.7. The van der Waals surface area contributed by atoms with Gasteiger partial charge < -0.3 is 5.73 Å². The molecule has 0 saturated heterocycles.